The molecule has 1 rings (SSSR count). The Morgan fingerprint density at radius 1 is 1.42 bits per heavy atom. The van der Waals surface area contributed by atoms with E-state index in [1.165, 1.54) is 0 Å². The first-order valence-electron chi connectivity index (χ1n) is 3.78. The summed E-state index contributed by atoms with van der Waals surface area (Å²) in [5.41, 5.74) is -0.368. The summed E-state index contributed by atoms with van der Waals surface area (Å²) in [4.78, 5) is 12.8. The van der Waals surface area contributed by atoms with Crippen molar-refractivity contribution in [1.29, 1.82) is 0 Å². The molecule has 1 saturated heterocycles. The summed E-state index contributed by atoms with van der Waals surface area (Å²) in [6, 6.07) is 0. The fraction of sp³-hybridized carbons (Fsp3) is 0.750. The topological polar surface area (TPSA) is 29.5 Å². The number of carbonyl (C=O) groups is 1. The average molecular weight is 222 g/mol. The Morgan fingerprint density at radius 2 is 1.92 bits per heavy atom. The second-order valence-corrected chi connectivity index (χ2v) is 3.67. The third kappa shape index (κ3) is 3.53. The van der Waals surface area contributed by atoms with Crippen LogP contribution in [-0.2, 0) is 24.2 Å². The van der Waals surface area contributed by atoms with E-state index in [2.05, 4.69) is 0 Å². The molecule has 1 amide bonds. The van der Waals surface area contributed by atoms with Crippen molar-refractivity contribution < 1.29 is 29.0 Å². The van der Waals surface area contributed by atoms with Gasteiger partial charge < -0.3 is 9.64 Å². The van der Waals surface area contributed by atoms with E-state index in [0.29, 0.717) is 0 Å². The first-order chi connectivity index (χ1) is 4.99. The molecule has 0 spiro atoms. The van der Waals surface area contributed by atoms with Crippen LogP contribution in [0.25, 0.3) is 0 Å². The van der Waals surface area contributed by atoms with Crippen molar-refractivity contribution in [1.82, 2.24) is 4.90 Å². The minimum Gasteiger partial charge on any atom is -0.444 e. The fourth-order valence-electron chi connectivity index (χ4n) is 0.734. The molecule has 12 heavy (non-hydrogen) atoms. The van der Waals surface area contributed by atoms with Crippen molar-refractivity contribution in [2.24, 2.45) is 0 Å². The van der Waals surface area contributed by atoms with Crippen LogP contribution in [0.3, 0.4) is 0 Å². The molecule has 1 aliphatic heterocycles. The van der Waals surface area contributed by atoms with Crippen LogP contribution in [0.1, 0.15) is 20.8 Å². The Morgan fingerprint density at radius 3 is 2.17 bits per heavy atom. The summed E-state index contributed by atoms with van der Waals surface area (Å²) in [5.74, 6) is 0. The van der Waals surface area contributed by atoms with E-state index in [4.69, 9.17) is 4.74 Å². The van der Waals surface area contributed by atoms with Crippen molar-refractivity contribution in [2.45, 2.75) is 26.4 Å². The Kier molecular flexibility index (Phi) is 4.18. The molecule has 0 radical (unpaired) electrons. The largest absolute Gasteiger partial charge is 2.00 e. The van der Waals surface area contributed by atoms with Gasteiger partial charge in [0.05, 0.1) is 0 Å². The van der Waals surface area contributed by atoms with Gasteiger partial charge in [-0.1, -0.05) is 0 Å². The number of carbonyl (C=O) groups excluding carboxylic acids is 1. The third-order valence-corrected chi connectivity index (χ3v) is 1.35. The molecule has 4 heteroatoms. The van der Waals surface area contributed by atoms with Gasteiger partial charge in [-0.3, -0.25) is 6.42 Å². The minimum atomic E-state index is -0.368. The normalized spacial score (nSPS) is 16.1. The maximum absolute atomic E-state index is 11.1. The first kappa shape index (κ1) is 11.9. The number of rotatable bonds is 0. The zero-order valence-electron chi connectivity index (χ0n) is 7.96. The number of hydrogen-bond acceptors (Lipinski definition) is 2. The van der Waals surface area contributed by atoms with Crippen LogP contribution in [-0.4, -0.2) is 29.7 Å². The molecule has 0 aromatic carbocycles. The van der Waals surface area contributed by atoms with Gasteiger partial charge >= 0.3 is 25.6 Å². The number of amides is 1. The molecule has 3 nitrogen and oxygen atoms in total. The van der Waals surface area contributed by atoms with Crippen LogP contribution in [0.15, 0.2) is 0 Å². The molecule has 1 aliphatic rings. The van der Waals surface area contributed by atoms with Crippen LogP contribution >= 0.6 is 0 Å². The summed E-state index contributed by atoms with van der Waals surface area (Å²) in [7, 11) is 0. The molecular weight excluding hydrogens is 207 g/mol. The number of hydrogen-bond donors (Lipinski definition) is 0. The van der Waals surface area contributed by atoms with Crippen LogP contribution < -0.4 is 0 Å². The maximum atomic E-state index is 11.1. The van der Waals surface area contributed by atoms with Gasteiger partial charge in [-0.05, 0) is 20.8 Å². The summed E-state index contributed by atoms with van der Waals surface area (Å²) in [6.07, 6.45) is 1.82. The first-order valence-corrected chi connectivity index (χ1v) is 3.78. The van der Waals surface area contributed by atoms with E-state index < -0.39 is 0 Å². The Balaban J connectivity index is 0.00000121. The predicted molar refractivity (Wildman–Crippen MR) is 42.1 cm³/mol. The molecule has 0 aliphatic carbocycles. The van der Waals surface area contributed by atoms with Gasteiger partial charge in [-0.15, -0.1) is 13.1 Å². The molecule has 0 aromatic heterocycles. The average Bonchev–Trinajstić information content (AvgIpc) is 1.50. The number of likely N-dealkylation sites (tertiary alicyclic amines) is 1. The number of ether oxygens (including phenoxy) is 1. The van der Waals surface area contributed by atoms with Crippen LogP contribution in [0.4, 0.5) is 4.79 Å². The second-order valence-electron chi connectivity index (χ2n) is 3.67. The standard InChI is InChI=1S/C8H14NO2.Zn/c1-8(2,3)11-7(10)9-5-4-6-9;/h4H,5-6H2,1-3H3;/q-1;+2. The van der Waals surface area contributed by atoms with Gasteiger partial charge in [0.1, 0.15) is 5.60 Å². The molecule has 1 fully saturated rings. The maximum Gasteiger partial charge on any atom is 2.00 e. The fourth-order valence-corrected chi connectivity index (χ4v) is 0.734. The van der Waals surface area contributed by atoms with Crippen molar-refractivity contribution in [3.63, 3.8) is 0 Å². The molecule has 64 valence electrons. The summed E-state index contributed by atoms with van der Waals surface area (Å²) in [6.45, 7) is 7.07. The summed E-state index contributed by atoms with van der Waals surface area (Å²) in [5, 5.41) is 0. The smallest absolute Gasteiger partial charge is 0.444 e. The Bertz CT molecular complexity index is 161. The van der Waals surface area contributed by atoms with Gasteiger partial charge in [0.25, 0.3) is 0 Å². The SMILES string of the molecule is CC(C)(C)OC(=O)N1C[CH-]C1.[Zn+2]. The van der Waals surface area contributed by atoms with Crippen molar-refractivity contribution in [3.8, 4) is 0 Å². The zero-order chi connectivity index (χ0) is 8.48. The molecule has 0 atom stereocenters. The van der Waals surface area contributed by atoms with Crippen LogP contribution in [0.5, 0.6) is 0 Å². The number of nitrogens with zero attached hydrogens (tertiary/aromatic N) is 1. The predicted octanol–water partition coefficient (Wildman–Crippen LogP) is 1.44. The van der Waals surface area contributed by atoms with Crippen molar-refractivity contribution >= 4 is 6.09 Å². The van der Waals surface area contributed by atoms with Crippen LogP contribution in [0.2, 0.25) is 0 Å². The van der Waals surface area contributed by atoms with Gasteiger partial charge in [0, 0.05) is 0 Å². The van der Waals surface area contributed by atoms with Gasteiger partial charge in [0.2, 0.25) is 0 Å². The zero-order valence-corrected chi connectivity index (χ0v) is 10.9. The van der Waals surface area contributed by atoms with Crippen molar-refractivity contribution in [2.75, 3.05) is 13.1 Å². The van der Waals surface area contributed by atoms with Crippen LogP contribution in [0, 0.1) is 6.42 Å². The van der Waals surface area contributed by atoms with Gasteiger partial charge in [-0.25, -0.2) is 4.79 Å². The van der Waals surface area contributed by atoms with E-state index in [9.17, 15) is 4.79 Å². The molecule has 0 saturated carbocycles. The minimum absolute atomic E-state index is 0. The second kappa shape index (κ2) is 4.22. The van der Waals surface area contributed by atoms with E-state index in [1.54, 1.807) is 4.90 Å². The summed E-state index contributed by atoms with van der Waals surface area (Å²) < 4.78 is 5.11. The quantitative estimate of drug-likeness (QED) is 0.458. The van der Waals surface area contributed by atoms with Gasteiger partial charge in [0.15, 0.2) is 0 Å². The molecule has 0 unspecified atom stereocenters. The Hall–Kier alpha value is -0.107. The summed E-state index contributed by atoms with van der Waals surface area (Å²) >= 11 is 0. The molecule has 0 bridgehead atoms. The van der Waals surface area contributed by atoms with E-state index >= 15 is 0 Å². The molecule has 0 aromatic rings. The molecular formula is C8H14NO2Zn+. The van der Waals surface area contributed by atoms with Crippen molar-refractivity contribution in [3.05, 3.63) is 6.42 Å². The molecule has 0 N–H and O–H groups in total. The van der Waals surface area contributed by atoms with Gasteiger partial charge in [-0.2, -0.15) is 0 Å². The monoisotopic (exact) mass is 220 g/mol. The Labute approximate surface area is 86.2 Å². The molecule has 1 heterocycles. The van der Waals surface area contributed by atoms with E-state index in [1.807, 2.05) is 27.2 Å². The van der Waals surface area contributed by atoms with E-state index in [0.717, 1.165) is 13.1 Å². The van der Waals surface area contributed by atoms with E-state index in [-0.39, 0.29) is 31.2 Å². The third-order valence-electron chi connectivity index (χ3n) is 1.35.